The van der Waals surface area contributed by atoms with Gasteiger partial charge in [0, 0.05) is 19.8 Å². The molecule has 3 nitrogen and oxygen atoms in total. The Morgan fingerprint density at radius 1 is 1.27 bits per heavy atom. The SMILES string of the molecule is Cc1cn(C)c(NCc2ccccc2)n1. The van der Waals surface area contributed by atoms with E-state index < -0.39 is 0 Å². The highest BCUT2D eigenvalue weighted by Crippen LogP contribution is 2.07. The van der Waals surface area contributed by atoms with Crippen molar-refractivity contribution in [1.82, 2.24) is 9.55 Å². The number of benzene rings is 1. The molecule has 1 aromatic carbocycles. The van der Waals surface area contributed by atoms with E-state index in [0.717, 1.165) is 18.2 Å². The number of nitrogens with one attached hydrogen (secondary N) is 1. The van der Waals surface area contributed by atoms with Crippen LogP contribution in [0.15, 0.2) is 36.5 Å². The summed E-state index contributed by atoms with van der Waals surface area (Å²) in [5.41, 5.74) is 2.30. The van der Waals surface area contributed by atoms with Crippen LogP contribution in [0.1, 0.15) is 11.3 Å². The van der Waals surface area contributed by atoms with Gasteiger partial charge in [-0.05, 0) is 12.5 Å². The summed E-state index contributed by atoms with van der Waals surface area (Å²) in [6.07, 6.45) is 2.01. The van der Waals surface area contributed by atoms with Crippen LogP contribution in [0.2, 0.25) is 0 Å². The van der Waals surface area contributed by atoms with Crippen molar-refractivity contribution in [2.45, 2.75) is 13.5 Å². The molecule has 2 aromatic rings. The summed E-state index contributed by atoms with van der Waals surface area (Å²) < 4.78 is 2.00. The molecule has 0 aliphatic rings. The largest absolute Gasteiger partial charge is 0.352 e. The van der Waals surface area contributed by atoms with E-state index in [4.69, 9.17) is 0 Å². The maximum absolute atomic E-state index is 4.38. The molecule has 0 radical (unpaired) electrons. The topological polar surface area (TPSA) is 29.9 Å². The third-order valence-electron chi connectivity index (χ3n) is 2.29. The molecule has 0 saturated heterocycles. The first kappa shape index (κ1) is 9.77. The van der Waals surface area contributed by atoms with Gasteiger partial charge in [0.2, 0.25) is 5.95 Å². The molecule has 3 heteroatoms. The van der Waals surface area contributed by atoms with E-state index in [1.807, 2.05) is 42.9 Å². The predicted molar refractivity (Wildman–Crippen MR) is 61.7 cm³/mol. The number of nitrogens with zero attached hydrogens (tertiary/aromatic N) is 2. The van der Waals surface area contributed by atoms with Crippen molar-refractivity contribution in [3.05, 3.63) is 47.8 Å². The maximum atomic E-state index is 4.38. The van der Waals surface area contributed by atoms with Gasteiger partial charge in [-0.3, -0.25) is 0 Å². The molecular formula is C12H15N3. The fraction of sp³-hybridized carbons (Fsp3) is 0.250. The molecule has 0 aliphatic carbocycles. The number of imidazole rings is 1. The number of aryl methyl sites for hydroxylation is 2. The van der Waals surface area contributed by atoms with Crippen LogP contribution in [0.25, 0.3) is 0 Å². The van der Waals surface area contributed by atoms with Gasteiger partial charge in [0.1, 0.15) is 0 Å². The number of hydrogen-bond acceptors (Lipinski definition) is 2. The minimum absolute atomic E-state index is 0.811. The Morgan fingerprint density at radius 2 is 2.00 bits per heavy atom. The van der Waals surface area contributed by atoms with Crippen LogP contribution in [0, 0.1) is 6.92 Å². The Kier molecular flexibility index (Phi) is 2.72. The van der Waals surface area contributed by atoms with Crippen LogP contribution in [0.4, 0.5) is 5.95 Å². The summed E-state index contributed by atoms with van der Waals surface area (Å²) in [7, 11) is 1.99. The molecule has 1 N–H and O–H groups in total. The molecule has 15 heavy (non-hydrogen) atoms. The lowest BCUT2D eigenvalue weighted by molar-refractivity contribution is 0.900. The molecule has 0 bridgehead atoms. The quantitative estimate of drug-likeness (QED) is 0.826. The van der Waals surface area contributed by atoms with Crippen molar-refractivity contribution in [1.29, 1.82) is 0 Å². The van der Waals surface area contributed by atoms with Crippen molar-refractivity contribution in [2.75, 3.05) is 5.32 Å². The zero-order valence-electron chi connectivity index (χ0n) is 9.07. The van der Waals surface area contributed by atoms with Crippen molar-refractivity contribution in [2.24, 2.45) is 7.05 Å². The maximum Gasteiger partial charge on any atom is 0.203 e. The van der Waals surface area contributed by atoms with Crippen LogP contribution in [-0.2, 0) is 13.6 Å². The standard InChI is InChI=1S/C12H15N3/c1-10-9-15(2)12(14-10)13-8-11-6-4-3-5-7-11/h3-7,9H,8H2,1-2H3,(H,13,14). The van der Waals surface area contributed by atoms with Gasteiger partial charge in [-0.15, -0.1) is 0 Å². The van der Waals surface area contributed by atoms with Gasteiger partial charge in [0.25, 0.3) is 0 Å². The fourth-order valence-electron chi connectivity index (χ4n) is 1.56. The summed E-state index contributed by atoms with van der Waals surface area (Å²) in [6.45, 7) is 2.80. The van der Waals surface area contributed by atoms with Gasteiger partial charge < -0.3 is 9.88 Å². The Bertz CT molecular complexity index is 431. The molecule has 0 fully saturated rings. The van der Waals surface area contributed by atoms with E-state index in [1.165, 1.54) is 5.56 Å². The number of anilines is 1. The van der Waals surface area contributed by atoms with Crippen molar-refractivity contribution in [3.63, 3.8) is 0 Å². The third-order valence-corrected chi connectivity index (χ3v) is 2.29. The number of rotatable bonds is 3. The van der Waals surface area contributed by atoms with Crippen LogP contribution >= 0.6 is 0 Å². The highest BCUT2D eigenvalue weighted by Gasteiger charge is 2.00. The van der Waals surface area contributed by atoms with Crippen LogP contribution in [0.5, 0.6) is 0 Å². The summed E-state index contributed by atoms with van der Waals surface area (Å²) in [4.78, 5) is 4.38. The summed E-state index contributed by atoms with van der Waals surface area (Å²) in [5.74, 6) is 0.913. The van der Waals surface area contributed by atoms with Gasteiger partial charge in [-0.25, -0.2) is 4.98 Å². The highest BCUT2D eigenvalue weighted by molar-refractivity contribution is 5.30. The average molecular weight is 201 g/mol. The zero-order chi connectivity index (χ0) is 10.7. The van der Waals surface area contributed by atoms with Gasteiger partial charge >= 0.3 is 0 Å². The van der Waals surface area contributed by atoms with E-state index in [0.29, 0.717) is 0 Å². The van der Waals surface area contributed by atoms with E-state index in [-0.39, 0.29) is 0 Å². The molecule has 1 heterocycles. The first-order chi connectivity index (χ1) is 7.25. The lowest BCUT2D eigenvalue weighted by Gasteiger charge is -2.05. The Labute approximate surface area is 89.8 Å². The molecule has 2 rings (SSSR count). The second-order valence-corrected chi connectivity index (χ2v) is 3.66. The van der Waals surface area contributed by atoms with E-state index >= 15 is 0 Å². The second-order valence-electron chi connectivity index (χ2n) is 3.66. The van der Waals surface area contributed by atoms with E-state index in [1.54, 1.807) is 0 Å². The average Bonchev–Trinajstić information content (AvgIpc) is 2.56. The summed E-state index contributed by atoms with van der Waals surface area (Å²) in [6, 6.07) is 10.3. The summed E-state index contributed by atoms with van der Waals surface area (Å²) in [5, 5.41) is 3.30. The zero-order valence-corrected chi connectivity index (χ0v) is 9.07. The monoisotopic (exact) mass is 201 g/mol. The van der Waals surface area contributed by atoms with Crippen LogP contribution in [-0.4, -0.2) is 9.55 Å². The molecule has 0 aliphatic heterocycles. The molecule has 0 saturated carbocycles. The van der Waals surface area contributed by atoms with Crippen molar-refractivity contribution in [3.8, 4) is 0 Å². The molecule has 1 aromatic heterocycles. The smallest absolute Gasteiger partial charge is 0.203 e. The second kappa shape index (κ2) is 4.17. The van der Waals surface area contributed by atoms with Gasteiger partial charge in [-0.1, -0.05) is 30.3 Å². The molecule has 0 atom stereocenters. The van der Waals surface area contributed by atoms with Gasteiger partial charge in [-0.2, -0.15) is 0 Å². The first-order valence-corrected chi connectivity index (χ1v) is 5.03. The normalized spacial score (nSPS) is 10.3. The highest BCUT2D eigenvalue weighted by atomic mass is 15.2. The molecule has 0 amide bonds. The Hall–Kier alpha value is -1.77. The number of hydrogen-bond donors (Lipinski definition) is 1. The summed E-state index contributed by atoms with van der Waals surface area (Å²) >= 11 is 0. The van der Waals surface area contributed by atoms with Crippen molar-refractivity contribution >= 4 is 5.95 Å². The minimum Gasteiger partial charge on any atom is -0.352 e. The van der Waals surface area contributed by atoms with E-state index in [2.05, 4.69) is 22.4 Å². The minimum atomic E-state index is 0.811. The third kappa shape index (κ3) is 2.37. The molecular weight excluding hydrogens is 186 g/mol. The first-order valence-electron chi connectivity index (χ1n) is 5.03. The number of aromatic nitrogens is 2. The Balaban J connectivity index is 2.02. The fourth-order valence-corrected chi connectivity index (χ4v) is 1.56. The van der Waals surface area contributed by atoms with Crippen molar-refractivity contribution < 1.29 is 0 Å². The van der Waals surface area contributed by atoms with Gasteiger partial charge in [0.15, 0.2) is 0 Å². The van der Waals surface area contributed by atoms with Gasteiger partial charge in [0.05, 0.1) is 5.69 Å². The molecule has 78 valence electrons. The molecule has 0 spiro atoms. The Morgan fingerprint density at radius 3 is 2.60 bits per heavy atom. The van der Waals surface area contributed by atoms with Crippen LogP contribution < -0.4 is 5.32 Å². The lowest BCUT2D eigenvalue weighted by Crippen LogP contribution is -2.04. The van der Waals surface area contributed by atoms with Crippen LogP contribution in [0.3, 0.4) is 0 Å². The van der Waals surface area contributed by atoms with E-state index in [9.17, 15) is 0 Å². The molecule has 0 unspecified atom stereocenters. The predicted octanol–water partition coefficient (Wildman–Crippen LogP) is 2.34. The lowest BCUT2D eigenvalue weighted by atomic mass is 10.2.